The van der Waals surface area contributed by atoms with E-state index in [1.54, 1.807) is 12.1 Å². The molecule has 1 aromatic rings. The minimum absolute atomic E-state index is 0.00556. The van der Waals surface area contributed by atoms with Crippen molar-refractivity contribution in [2.75, 3.05) is 6.54 Å². The topological polar surface area (TPSA) is 72.3 Å². The smallest absolute Gasteiger partial charge is 0.140 e. The van der Waals surface area contributed by atoms with E-state index in [9.17, 15) is 5.11 Å². The Bertz CT molecular complexity index is 319. The van der Waals surface area contributed by atoms with E-state index in [4.69, 9.17) is 23.1 Å². The molecule has 0 amide bonds. The predicted octanol–water partition coefficient (Wildman–Crippen LogP) is 1.77. The SMILES string of the molecule is NC[C@H](N)c1c(Br)ccc(Cl)c1O. The average Bonchev–Trinajstić information content (AvgIpc) is 2.12. The van der Waals surface area contributed by atoms with Crippen LogP contribution in [0.3, 0.4) is 0 Å². The molecule has 0 spiro atoms. The molecule has 0 radical (unpaired) electrons. The van der Waals surface area contributed by atoms with Gasteiger partial charge in [0.05, 0.1) is 5.02 Å². The molecule has 13 heavy (non-hydrogen) atoms. The first kappa shape index (κ1) is 10.8. The molecule has 1 rings (SSSR count). The molecule has 3 nitrogen and oxygen atoms in total. The van der Waals surface area contributed by atoms with E-state index in [-0.39, 0.29) is 17.3 Å². The van der Waals surface area contributed by atoms with Crippen LogP contribution in [0.1, 0.15) is 11.6 Å². The maximum atomic E-state index is 9.58. The van der Waals surface area contributed by atoms with Crippen molar-refractivity contribution in [3.63, 3.8) is 0 Å². The van der Waals surface area contributed by atoms with Crippen molar-refractivity contribution in [2.24, 2.45) is 11.5 Å². The maximum absolute atomic E-state index is 9.58. The van der Waals surface area contributed by atoms with E-state index in [2.05, 4.69) is 15.9 Å². The summed E-state index contributed by atoms with van der Waals surface area (Å²) in [5.41, 5.74) is 11.6. The number of rotatable bonds is 2. The largest absolute Gasteiger partial charge is 0.506 e. The Labute approximate surface area is 89.8 Å². The van der Waals surface area contributed by atoms with E-state index in [0.717, 1.165) is 0 Å². The van der Waals surface area contributed by atoms with E-state index in [1.807, 2.05) is 0 Å². The molecule has 0 aliphatic heterocycles. The van der Waals surface area contributed by atoms with Gasteiger partial charge in [-0.25, -0.2) is 0 Å². The van der Waals surface area contributed by atoms with Crippen LogP contribution >= 0.6 is 27.5 Å². The quantitative estimate of drug-likeness (QED) is 0.763. The van der Waals surface area contributed by atoms with E-state index in [0.29, 0.717) is 10.0 Å². The highest BCUT2D eigenvalue weighted by molar-refractivity contribution is 9.10. The molecule has 5 N–H and O–H groups in total. The normalized spacial score (nSPS) is 12.9. The second-order valence-corrected chi connectivity index (χ2v) is 3.90. The van der Waals surface area contributed by atoms with Gasteiger partial charge in [-0.2, -0.15) is 0 Å². The fourth-order valence-electron chi connectivity index (χ4n) is 1.03. The summed E-state index contributed by atoms with van der Waals surface area (Å²) in [7, 11) is 0. The summed E-state index contributed by atoms with van der Waals surface area (Å²) in [5, 5.41) is 9.86. The van der Waals surface area contributed by atoms with Crippen LogP contribution in [-0.2, 0) is 0 Å². The third-order valence-electron chi connectivity index (χ3n) is 1.74. The molecule has 1 atom stereocenters. The zero-order chi connectivity index (χ0) is 10.0. The van der Waals surface area contributed by atoms with Crippen molar-refractivity contribution >= 4 is 27.5 Å². The Balaban J connectivity index is 3.25. The van der Waals surface area contributed by atoms with E-state index in [1.165, 1.54) is 0 Å². The van der Waals surface area contributed by atoms with Gasteiger partial charge in [-0.05, 0) is 12.1 Å². The Kier molecular flexibility index (Phi) is 3.55. The lowest BCUT2D eigenvalue weighted by Crippen LogP contribution is -2.21. The minimum atomic E-state index is -0.409. The van der Waals surface area contributed by atoms with Gasteiger partial charge in [-0.15, -0.1) is 0 Å². The maximum Gasteiger partial charge on any atom is 0.140 e. The monoisotopic (exact) mass is 264 g/mol. The minimum Gasteiger partial charge on any atom is -0.506 e. The Morgan fingerprint density at radius 3 is 2.69 bits per heavy atom. The number of nitrogens with two attached hydrogens (primary N) is 2. The first-order chi connectivity index (χ1) is 6.07. The summed E-state index contributed by atoms with van der Waals surface area (Å²) in [5.74, 6) is -0.00556. The zero-order valence-electron chi connectivity index (χ0n) is 6.80. The lowest BCUT2D eigenvalue weighted by molar-refractivity contribution is 0.461. The number of phenols is 1. The predicted molar refractivity (Wildman–Crippen MR) is 56.8 cm³/mol. The highest BCUT2D eigenvalue weighted by Gasteiger charge is 2.15. The van der Waals surface area contributed by atoms with Crippen LogP contribution in [0.25, 0.3) is 0 Å². The second kappa shape index (κ2) is 4.28. The lowest BCUT2D eigenvalue weighted by Gasteiger charge is -2.14. The standard InChI is InChI=1S/C8H10BrClN2O/c9-4-1-2-5(10)8(13)7(4)6(12)3-11/h1-2,6,13H,3,11-12H2/t6-/m0/s1. The molecule has 0 aliphatic carbocycles. The molecule has 0 aromatic heterocycles. The molecule has 72 valence electrons. The fourth-order valence-corrected chi connectivity index (χ4v) is 1.81. The highest BCUT2D eigenvalue weighted by Crippen LogP contribution is 2.35. The van der Waals surface area contributed by atoms with Gasteiger partial charge in [0.15, 0.2) is 0 Å². The van der Waals surface area contributed by atoms with E-state index >= 15 is 0 Å². The molecule has 5 heteroatoms. The first-order valence-electron chi connectivity index (χ1n) is 3.70. The summed E-state index contributed by atoms with van der Waals surface area (Å²) in [6.07, 6.45) is 0. The number of hydrogen-bond donors (Lipinski definition) is 3. The second-order valence-electron chi connectivity index (χ2n) is 2.63. The van der Waals surface area contributed by atoms with Gasteiger partial charge in [0.25, 0.3) is 0 Å². The Hall–Kier alpha value is -0.290. The van der Waals surface area contributed by atoms with Crippen LogP contribution in [-0.4, -0.2) is 11.7 Å². The summed E-state index contributed by atoms with van der Waals surface area (Å²) < 4.78 is 0.715. The molecule has 0 unspecified atom stereocenters. The molecular formula is C8H10BrClN2O. The molecule has 0 heterocycles. The van der Waals surface area contributed by atoms with Gasteiger partial charge in [-0.1, -0.05) is 27.5 Å². The third-order valence-corrected chi connectivity index (χ3v) is 2.74. The summed E-state index contributed by atoms with van der Waals surface area (Å²) in [6, 6.07) is 2.91. The number of hydrogen-bond acceptors (Lipinski definition) is 3. The van der Waals surface area contributed by atoms with Crippen molar-refractivity contribution in [1.29, 1.82) is 0 Å². The van der Waals surface area contributed by atoms with Gasteiger partial charge in [-0.3, -0.25) is 0 Å². The summed E-state index contributed by atoms with van der Waals surface area (Å²) in [4.78, 5) is 0. The number of benzene rings is 1. The third kappa shape index (κ3) is 2.14. The number of aromatic hydroxyl groups is 1. The van der Waals surface area contributed by atoms with Gasteiger partial charge in [0.2, 0.25) is 0 Å². The number of phenolic OH excluding ortho intramolecular Hbond substituents is 1. The molecule has 0 saturated carbocycles. The highest BCUT2D eigenvalue weighted by atomic mass is 79.9. The van der Waals surface area contributed by atoms with E-state index < -0.39 is 6.04 Å². The summed E-state index contributed by atoms with van der Waals surface area (Å²) >= 11 is 8.99. The fraction of sp³-hybridized carbons (Fsp3) is 0.250. The van der Waals surface area contributed by atoms with Crippen molar-refractivity contribution < 1.29 is 5.11 Å². The molecular weight excluding hydrogens is 255 g/mol. The van der Waals surface area contributed by atoms with Crippen LogP contribution in [0, 0.1) is 0 Å². The molecule has 0 saturated heterocycles. The van der Waals surface area contributed by atoms with Crippen LogP contribution in [0.5, 0.6) is 5.75 Å². The lowest BCUT2D eigenvalue weighted by atomic mass is 10.1. The average molecular weight is 266 g/mol. The summed E-state index contributed by atoms with van der Waals surface area (Å²) in [6.45, 7) is 0.256. The van der Waals surface area contributed by atoms with Gasteiger partial charge in [0.1, 0.15) is 5.75 Å². The van der Waals surface area contributed by atoms with Crippen molar-refractivity contribution in [2.45, 2.75) is 6.04 Å². The number of halogens is 2. The molecule has 1 aromatic carbocycles. The zero-order valence-corrected chi connectivity index (χ0v) is 9.14. The first-order valence-corrected chi connectivity index (χ1v) is 4.87. The van der Waals surface area contributed by atoms with Crippen LogP contribution in [0.2, 0.25) is 5.02 Å². The van der Waals surface area contributed by atoms with Crippen LogP contribution in [0.4, 0.5) is 0 Å². The molecule has 0 aliphatic rings. The van der Waals surface area contributed by atoms with Crippen LogP contribution in [0.15, 0.2) is 16.6 Å². The Morgan fingerprint density at radius 2 is 2.15 bits per heavy atom. The van der Waals surface area contributed by atoms with Crippen molar-refractivity contribution in [1.82, 2.24) is 0 Å². The Morgan fingerprint density at radius 1 is 1.54 bits per heavy atom. The van der Waals surface area contributed by atoms with Crippen LogP contribution < -0.4 is 11.5 Å². The van der Waals surface area contributed by atoms with Gasteiger partial charge >= 0.3 is 0 Å². The van der Waals surface area contributed by atoms with Gasteiger partial charge in [0, 0.05) is 22.6 Å². The van der Waals surface area contributed by atoms with Crippen molar-refractivity contribution in [3.8, 4) is 5.75 Å². The van der Waals surface area contributed by atoms with Crippen molar-refractivity contribution in [3.05, 3.63) is 27.2 Å². The molecule has 0 bridgehead atoms. The van der Waals surface area contributed by atoms with Gasteiger partial charge < -0.3 is 16.6 Å². The molecule has 0 fully saturated rings.